The quantitative estimate of drug-likeness (QED) is 0.105. The molecule has 0 aliphatic carbocycles. The molecule has 0 spiro atoms. The van der Waals surface area contributed by atoms with Crippen molar-refractivity contribution in [1.29, 1.82) is 0 Å². The SMILES string of the molecule is CC(C)Nc1cccnc1N1CCN(C(=O)c2cc3cc(NS(C)(=O)=O)ccc3[nH]2)CC1.COc1cnc(-n2cnc(C)n2)c2[nH]cc(C(=O)C(=O)N3CCN(C(=O)c4ccccc4)CC3)c12. The number of benzene rings is 2. The van der Waals surface area contributed by atoms with E-state index in [1.54, 1.807) is 54.4 Å². The Kier molecular flexibility index (Phi) is 13.2. The molecule has 3 amide bonds. The predicted molar refractivity (Wildman–Crippen MR) is 253 cm³/mol. The second-order valence-corrected chi connectivity index (χ2v) is 18.2. The van der Waals surface area contributed by atoms with Gasteiger partial charge < -0.3 is 39.6 Å². The first-order valence-corrected chi connectivity index (χ1v) is 23.5. The average Bonchev–Trinajstić information content (AvgIpc) is 4.09. The number of amides is 3. The third-order valence-corrected chi connectivity index (χ3v) is 11.9. The summed E-state index contributed by atoms with van der Waals surface area (Å²) < 4.78 is 32.3. The van der Waals surface area contributed by atoms with Gasteiger partial charge in [-0.2, -0.15) is 5.10 Å². The van der Waals surface area contributed by atoms with Gasteiger partial charge in [-0.05, 0) is 69.3 Å². The van der Waals surface area contributed by atoms with Gasteiger partial charge in [0.25, 0.3) is 23.5 Å². The maximum atomic E-state index is 13.3. The molecule has 7 heterocycles. The Morgan fingerprint density at radius 2 is 1.51 bits per heavy atom. The molecular formula is C46H51N13O7S. The van der Waals surface area contributed by atoms with Gasteiger partial charge >= 0.3 is 0 Å². The zero-order chi connectivity index (χ0) is 47.4. The minimum atomic E-state index is -3.36. The van der Waals surface area contributed by atoms with Crippen LogP contribution in [0.5, 0.6) is 5.75 Å². The van der Waals surface area contributed by atoms with E-state index in [2.05, 4.69) is 58.8 Å². The fourth-order valence-corrected chi connectivity index (χ4v) is 8.64. The smallest absolute Gasteiger partial charge is 0.295 e. The normalized spacial score (nSPS) is 14.2. The monoisotopic (exact) mass is 929 g/mol. The van der Waals surface area contributed by atoms with Crippen molar-refractivity contribution in [3.8, 4) is 11.6 Å². The molecule has 2 fully saturated rings. The molecule has 2 aliphatic rings. The van der Waals surface area contributed by atoms with Gasteiger partial charge in [0.2, 0.25) is 10.0 Å². The first-order valence-electron chi connectivity index (χ1n) is 21.6. The van der Waals surface area contributed by atoms with E-state index in [-0.39, 0.29) is 30.5 Å². The summed E-state index contributed by atoms with van der Waals surface area (Å²) in [6, 6.07) is 20.2. The van der Waals surface area contributed by atoms with Gasteiger partial charge in [0.15, 0.2) is 11.6 Å². The van der Waals surface area contributed by atoms with Crippen LogP contribution in [0, 0.1) is 6.92 Å². The summed E-state index contributed by atoms with van der Waals surface area (Å²) in [7, 11) is -1.89. The lowest BCUT2D eigenvalue weighted by atomic mass is 10.1. The minimum Gasteiger partial charge on any atom is -0.494 e. The number of sulfonamides is 1. The highest BCUT2D eigenvalue weighted by molar-refractivity contribution is 7.92. The first kappa shape index (κ1) is 45.7. The number of carbonyl (C=O) groups excluding carboxylic acids is 4. The Morgan fingerprint density at radius 1 is 0.806 bits per heavy atom. The number of nitrogens with one attached hydrogen (secondary N) is 4. The number of piperazine rings is 2. The van der Waals surface area contributed by atoms with Crippen LogP contribution >= 0.6 is 0 Å². The number of aromatic amines is 2. The minimum absolute atomic E-state index is 0.0694. The number of hydrogen-bond donors (Lipinski definition) is 4. The van der Waals surface area contributed by atoms with Crippen LogP contribution in [0.4, 0.5) is 17.2 Å². The Bertz CT molecular complexity index is 3060. The number of rotatable bonds is 11. The van der Waals surface area contributed by atoms with E-state index in [4.69, 9.17) is 4.74 Å². The van der Waals surface area contributed by atoms with Crippen molar-refractivity contribution in [2.45, 2.75) is 26.8 Å². The van der Waals surface area contributed by atoms with Crippen molar-refractivity contribution >= 4 is 72.5 Å². The summed E-state index contributed by atoms with van der Waals surface area (Å²) >= 11 is 0. The summed E-state index contributed by atoms with van der Waals surface area (Å²) in [5, 5.41) is 8.94. The van der Waals surface area contributed by atoms with Gasteiger partial charge in [-0.1, -0.05) is 18.2 Å². The van der Waals surface area contributed by atoms with Gasteiger partial charge in [0, 0.05) is 92.9 Å². The molecule has 0 bridgehead atoms. The van der Waals surface area contributed by atoms with E-state index in [1.807, 2.05) is 35.2 Å². The fourth-order valence-electron chi connectivity index (χ4n) is 8.08. The molecule has 2 aromatic carbocycles. The van der Waals surface area contributed by atoms with Crippen LogP contribution in [0.15, 0.2) is 91.6 Å². The highest BCUT2D eigenvalue weighted by Gasteiger charge is 2.32. The zero-order valence-corrected chi connectivity index (χ0v) is 38.5. The number of fused-ring (bicyclic) bond motifs is 2. The molecule has 9 rings (SSSR count). The standard InChI is InChI=1S/C24H23N7O4.C22H28N6O3S/c1-15-27-14-31(28-15)22-20-19(18(35-2)13-26-22)17(12-25-20)21(32)24(34)30-10-8-29(9-11-30)23(33)16-6-4-3-5-7-16;1-15(2)24-19-5-4-8-23-21(19)27-9-11-28(12-10-27)22(29)20-14-16-13-17(26-32(3,30)31)6-7-18(16)25-20/h3-7,12-14,25H,8-11H2,1-2H3;4-8,13-15,24-26H,9-12H2,1-3H3. The lowest BCUT2D eigenvalue weighted by molar-refractivity contribution is -0.127. The number of ether oxygens (including phenoxy) is 1. The molecule has 0 atom stereocenters. The van der Waals surface area contributed by atoms with Gasteiger partial charge in [-0.15, -0.1) is 0 Å². The molecule has 0 radical (unpaired) electrons. The number of aromatic nitrogens is 7. The Labute approximate surface area is 386 Å². The van der Waals surface area contributed by atoms with E-state index < -0.39 is 21.7 Å². The highest BCUT2D eigenvalue weighted by atomic mass is 32.2. The van der Waals surface area contributed by atoms with Gasteiger partial charge in [0.05, 0.1) is 41.7 Å². The van der Waals surface area contributed by atoms with Gasteiger partial charge in [-0.25, -0.2) is 28.1 Å². The molecule has 21 heteroatoms. The van der Waals surface area contributed by atoms with E-state index in [1.165, 1.54) is 35.4 Å². The van der Waals surface area contributed by atoms with Crippen molar-refractivity contribution in [3.05, 3.63) is 114 Å². The molecular weight excluding hydrogens is 879 g/mol. The van der Waals surface area contributed by atoms with Crippen LogP contribution in [0.2, 0.25) is 0 Å². The van der Waals surface area contributed by atoms with Crippen LogP contribution in [-0.4, -0.2) is 153 Å². The highest BCUT2D eigenvalue weighted by Crippen LogP contribution is 2.32. The number of ketones is 1. The van der Waals surface area contributed by atoms with Crippen LogP contribution in [-0.2, 0) is 14.8 Å². The second kappa shape index (κ2) is 19.3. The van der Waals surface area contributed by atoms with Crippen molar-refractivity contribution in [1.82, 2.24) is 49.4 Å². The number of anilines is 3. The third kappa shape index (κ3) is 10.2. The maximum Gasteiger partial charge on any atom is 0.295 e. The number of Topliss-reactive ketones (excluding diaryl/α,β-unsaturated/α-hetero) is 1. The van der Waals surface area contributed by atoms with Gasteiger partial charge in [0.1, 0.15) is 23.6 Å². The largest absolute Gasteiger partial charge is 0.494 e. The summed E-state index contributed by atoms with van der Waals surface area (Å²) in [5.41, 5.74) is 4.02. The molecule has 7 aromatic rings. The van der Waals surface area contributed by atoms with Crippen LogP contribution < -0.4 is 19.7 Å². The molecule has 20 nitrogen and oxygen atoms in total. The van der Waals surface area contributed by atoms with Crippen LogP contribution in [0.25, 0.3) is 27.6 Å². The second-order valence-electron chi connectivity index (χ2n) is 16.4. The van der Waals surface area contributed by atoms with Crippen LogP contribution in [0.3, 0.4) is 0 Å². The van der Waals surface area contributed by atoms with Crippen LogP contribution in [0.1, 0.15) is 50.9 Å². The Morgan fingerprint density at radius 3 is 2.18 bits per heavy atom. The average molecular weight is 930 g/mol. The van der Waals surface area contributed by atoms with E-state index in [0.29, 0.717) is 90.5 Å². The summed E-state index contributed by atoms with van der Waals surface area (Å²) in [6.45, 7) is 9.75. The predicted octanol–water partition coefficient (Wildman–Crippen LogP) is 4.35. The molecule has 5 aromatic heterocycles. The summed E-state index contributed by atoms with van der Waals surface area (Å²) in [6.07, 6.45) is 7.38. The number of methoxy groups -OCH3 is 1. The van der Waals surface area contributed by atoms with Crippen molar-refractivity contribution in [2.75, 3.05) is 80.7 Å². The van der Waals surface area contributed by atoms with Gasteiger partial charge in [-0.3, -0.25) is 23.9 Å². The third-order valence-electron chi connectivity index (χ3n) is 11.3. The lowest BCUT2D eigenvalue weighted by Gasteiger charge is -2.36. The number of hydrogen-bond acceptors (Lipinski definition) is 13. The van der Waals surface area contributed by atoms with E-state index in [9.17, 15) is 27.6 Å². The zero-order valence-electron chi connectivity index (χ0n) is 37.7. The van der Waals surface area contributed by atoms with Crippen molar-refractivity contribution in [2.24, 2.45) is 0 Å². The first-order chi connectivity index (χ1) is 32.2. The number of nitrogens with zero attached hydrogens (tertiary/aromatic N) is 9. The number of carbonyl (C=O) groups is 4. The molecule has 4 N–H and O–H groups in total. The van der Waals surface area contributed by atoms with Crippen molar-refractivity contribution < 1.29 is 32.3 Å². The van der Waals surface area contributed by atoms with E-state index in [0.717, 1.165) is 28.7 Å². The molecule has 0 unspecified atom stereocenters. The lowest BCUT2D eigenvalue weighted by Crippen LogP contribution is -2.52. The van der Waals surface area contributed by atoms with Crippen molar-refractivity contribution in [3.63, 3.8) is 0 Å². The molecule has 67 heavy (non-hydrogen) atoms. The number of H-pyrrole nitrogens is 2. The molecule has 348 valence electrons. The molecule has 2 saturated heterocycles. The Hall–Kier alpha value is -7.81. The molecule has 2 aliphatic heterocycles. The maximum absolute atomic E-state index is 13.3. The fraction of sp³-hybridized carbons (Fsp3) is 0.304. The van der Waals surface area contributed by atoms with E-state index >= 15 is 0 Å². The Balaban J connectivity index is 0.000000182. The summed E-state index contributed by atoms with van der Waals surface area (Å²) in [5.74, 6) is 0.813. The number of aryl methyl sites for hydroxylation is 1. The topological polar surface area (TPSA) is 237 Å². The summed E-state index contributed by atoms with van der Waals surface area (Å²) in [4.78, 5) is 78.6. The number of pyridine rings is 2. The molecule has 0 saturated carbocycles.